The van der Waals surface area contributed by atoms with Gasteiger partial charge in [0.2, 0.25) is 0 Å². The molecule has 1 saturated heterocycles. The van der Waals surface area contributed by atoms with Crippen LogP contribution in [0, 0.1) is 5.82 Å². The van der Waals surface area contributed by atoms with Gasteiger partial charge in [-0.05, 0) is 50.0 Å². The lowest BCUT2D eigenvalue weighted by atomic mass is 10.2. The number of rotatable bonds is 3. The van der Waals surface area contributed by atoms with Gasteiger partial charge in [0.05, 0.1) is 0 Å². The van der Waals surface area contributed by atoms with Crippen molar-refractivity contribution in [1.82, 2.24) is 5.32 Å². The summed E-state index contributed by atoms with van der Waals surface area (Å²) in [6, 6.07) is 6.94. The number of hydrogen-bond donors (Lipinski definition) is 1. The SMILES string of the molecule is Fc1cccc(CSC2CCCNCC2)c1. The van der Waals surface area contributed by atoms with Gasteiger partial charge in [-0.1, -0.05) is 12.1 Å². The Bertz CT molecular complexity index is 321. The summed E-state index contributed by atoms with van der Waals surface area (Å²) in [5, 5.41) is 4.15. The Morgan fingerprint density at radius 3 is 3.12 bits per heavy atom. The van der Waals surface area contributed by atoms with E-state index in [0.29, 0.717) is 0 Å². The lowest BCUT2D eigenvalue weighted by Crippen LogP contribution is -2.14. The predicted octanol–water partition coefficient (Wildman–Crippen LogP) is 3.20. The second-order valence-electron chi connectivity index (χ2n) is 4.24. The van der Waals surface area contributed by atoms with Crippen molar-refractivity contribution in [3.63, 3.8) is 0 Å². The molecule has 1 nitrogen and oxygen atoms in total. The normalized spacial score (nSPS) is 21.7. The largest absolute Gasteiger partial charge is 0.317 e. The van der Waals surface area contributed by atoms with Gasteiger partial charge in [0, 0.05) is 11.0 Å². The Morgan fingerprint density at radius 2 is 2.25 bits per heavy atom. The van der Waals surface area contributed by atoms with Gasteiger partial charge in [0.15, 0.2) is 0 Å². The van der Waals surface area contributed by atoms with E-state index in [1.54, 1.807) is 12.1 Å². The highest BCUT2D eigenvalue weighted by Gasteiger charge is 2.12. The van der Waals surface area contributed by atoms with E-state index in [4.69, 9.17) is 0 Å². The molecule has 16 heavy (non-hydrogen) atoms. The molecule has 3 heteroatoms. The highest BCUT2D eigenvalue weighted by molar-refractivity contribution is 7.99. The van der Waals surface area contributed by atoms with Crippen molar-refractivity contribution < 1.29 is 4.39 Å². The molecular weight excluding hydrogens is 221 g/mol. The quantitative estimate of drug-likeness (QED) is 0.869. The number of benzene rings is 1. The molecule has 1 atom stereocenters. The van der Waals surface area contributed by atoms with Crippen LogP contribution in [-0.4, -0.2) is 18.3 Å². The zero-order valence-corrected chi connectivity index (χ0v) is 10.2. The molecule has 1 aromatic rings. The minimum atomic E-state index is -0.124. The maximum atomic E-state index is 13.0. The molecule has 2 rings (SSSR count). The zero-order chi connectivity index (χ0) is 11.2. The van der Waals surface area contributed by atoms with Gasteiger partial charge in [-0.25, -0.2) is 4.39 Å². The highest BCUT2D eigenvalue weighted by atomic mass is 32.2. The Labute approximate surface area is 101 Å². The first-order valence-corrected chi connectivity index (χ1v) is 6.96. The Hall–Kier alpha value is -0.540. The number of halogens is 1. The molecule has 1 aromatic carbocycles. The third-order valence-electron chi connectivity index (χ3n) is 2.90. The number of thioether (sulfide) groups is 1. The van der Waals surface area contributed by atoms with Crippen LogP contribution in [0.4, 0.5) is 4.39 Å². The fourth-order valence-corrected chi connectivity index (χ4v) is 3.22. The van der Waals surface area contributed by atoms with Gasteiger partial charge >= 0.3 is 0 Å². The first-order valence-electron chi connectivity index (χ1n) is 5.91. The summed E-state index contributed by atoms with van der Waals surface area (Å²) in [7, 11) is 0. The topological polar surface area (TPSA) is 12.0 Å². The molecule has 1 heterocycles. The molecule has 0 radical (unpaired) electrons. The average molecular weight is 239 g/mol. The van der Waals surface area contributed by atoms with E-state index in [9.17, 15) is 4.39 Å². The van der Waals surface area contributed by atoms with E-state index in [-0.39, 0.29) is 5.82 Å². The maximum Gasteiger partial charge on any atom is 0.123 e. The molecule has 1 aliphatic rings. The van der Waals surface area contributed by atoms with Crippen LogP contribution < -0.4 is 5.32 Å². The van der Waals surface area contributed by atoms with Crippen LogP contribution in [0.2, 0.25) is 0 Å². The van der Waals surface area contributed by atoms with E-state index in [2.05, 4.69) is 5.32 Å². The second-order valence-corrected chi connectivity index (χ2v) is 5.53. The fraction of sp³-hybridized carbons (Fsp3) is 0.538. The fourth-order valence-electron chi connectivity index (χ4n) is 1.99. The molecule has 0 amide bonds. The van der Waals surface area contributed by atoms with Crippen LogP contribution in [0.5, 0.6) is 0 Å². The first kappa shape index (κ1) is 11.9. The summed E-state index contributed by atoms with van der Waals surface area (Å²) in [6.45, 7) is 2.28. The molecule has 0 bridgehead atoms. The van der Waals surface area contributed by atoms with Crippen molar-refractivity contribution in [3.05, 3.63) is 35.6 Å². The van der Waals surface area contributed by atoms with Crippen molar-refractivity contribution in [1.29, 1.82) is 0 Å². The van der Waals surface area contributed by atoms with Crippen molar-refractivity contribution in [2.75, 3.05) is 13.1 Å². The summed E-state index contributed by atoms with van der Waals surface area (Å²) < 4.78 is 13.0. The second kappa shape index (κ2) is 6.26. The van der Waals surface area contributed by atoms with Gasteiger partial charge in [-0.15, -0.1) is 0 Å². The molecule has 0 spiro atoms. The van der Waals surface area contributed by atoms with Crippen molar-refractivity contribution in [3.8, 4) is 0 Å². The molecule has 1 aliphatic heterocycles. The van der Waals surface area contributed by atoms with Gasteiger partial charge in [0.25, 0.3) is 0 Å². The van der Waals surface area contributed by atoms with Crippen molar-refractivity contribution >= 4 is 11.8 Å². The van der Waals surface area contributed by atoms with Crippen LogP contribution in [0.3, 0.4) is 0 Å². The van der Waals surface area contributed by atoms with Gasteiger partial charge in [-0.2, -0.15) is 11.8 Å². The van der Waals surface area contributed by atoms with Crippen LogP contribution in [-0.2, 0) is 5.75 Å². The zero-order valence-electron chi connectivity index (χ0n) is 9.42. The molecule has 0 aliphatic carbocycles. The standard InChI is InChI=1S/C13H18FNS/c14-12-4-1-3-11(9-12)10-16-13-5-2-7-15-8-6-13/h1,3-4,9,13,15H,2,5-8,10H2. The molecule has 0 aromatic heterocycles. The lowest BCUT2D eigenvalue weighted by Gasteiger charge is -2.12. The lowest BCUT2D eigenvalue weighted by molar-refractivity contribution is 0.626. The van der Waals surface area contributed by atoms with Gasteiger partial charge in [0.1, 0.15) is 5.82 Å². The predicted molar refractivity (Wildman–Crippen MR) is 68.2 cm³/mol. The average Bonchev–Trinajstić information content (AvgIpc) is 2.55. The van der Waals surface area contributed by atoms with Crippen molar-refractivity contribution in [2.24, 2.45) is 0 Å². The molecule has 1 fully saturated rings. The summed E-state index contributed by atoms with van der Waals surface area (Å²) in [5.41, 5.74) is 1.10. The molecular formula is C13H18FNS. The van der Waals surface area contributed by atoms with E-state index < -0.39 is 0 Å². The van der Waals surface area contributed by atoms with E-state index >= 15 is 0 Å². The smallest absolute Gasteiger partial charge is 0.123 e. The van der Waals surface area contributed by atoms with E-state index in [0.717, 1.165) is 29.7 Å². The monoisotopic (exact) mass is 239 g/mol. The highest BCUT2D eigenvalue weighted by Crippen LogP contribution is 2.25. The van der Waals surface area contributed by atoms with E-state index in [1.807, 2.05) is 17.8 Å². The minimum absolute atomic E-state index is 0.124. The van der Waals surface area contributed by atoms with Crippen molar-refractivity contribution in [2.45, 2.75) is 30.3 Å². The summed E-state index contributed by atoms with van der Waals surface area (Å²) >= 11 is 1.97. The summed E-state index contributed by atoms with van der Waals surface area (Å²) in [4.78, 5) is 0. The minimum Gasteiger partial charge on any atom is -0.317 e. The Balaban J connectivity index is 1.81. The maximum absolute atomic E-state index is 13.0. The van der Waals surface area contributed by atoms with Gasteiger partial charge < -0.3 is 5.32 Å². The summed E-state index contributed by atoms with van der Waals surface area (Å²) in [5.74, 6) is 0.809. The number of hydrogen-bond acceptors (Lipinski definition) is 2. The van der Waals surface area contributed by atoms with Crippen LogP contribution in [0.15, 0.2) is 24.3 Å². The summed E-state index contributed by atoms with van der Waals surface area (Å²) in [6.07, 6.45) is 3.79. The molecule has 0 saturated carbocycles. The Kier molecular flexibility index (Phi) is 4.67. The van der Waals surface area contributed by atoms with Crippen LogP contribution in [0.25, 0.3) is 0 Å². The first-order chi connectivity index (χ1) is 7.84. The number of nitrogens with one attached hydrogen (secondary N) is 1. The third kappa shape index (κ3) is 3.80. The third-order valence-corrected chi connectivity index (χ3v) is 4.34. The van der Waals surface area contributed by atoms with Gasteiger partial charge in [-0.3, -0.25) is 0 Å². The molecule has 88 valence electrons. The Morgan fingerprint density at radius 1 is 1.31 bits per heavy atom. The van der Waals surface area contributed by atoms with Crippen LogP contribution >= 0.6 is 11.8 Å². The molecule has 1 unspecified atom stereocenters. The van der Waals surface area contributed by atoms with E-state index in [1.165, 1.54) is 25.3 Å². The molecule has 1 N–H and O–H groups in total. The van der Waals surface area contributed by atoms with Crippen LogP contribution in [0.1, 0.15) is 24.8 Å².